The van der Waals surface area contributed by atoms with Gasteiger partial charge in [-0.1, -0.05) is 210 Å². The van der Waals surface area contributed by atoms with Gasteiger partial charge in [0, 0.05) is 44.4 Å². The number of hydrogen-bond donors (Lipinski definition) is 0. The van der Waals surface area contributed by atoms with Crippen LogP contribution in [0.1, 0.15) is 49.9 Å². The van der Waals surface area contributed by atoms with Crippen LogP contribution < -0.4 is 4.90 Å². The fourth-order valence-corrected chi connectivity index (χ4v) is 12.5. The molecule has 2 aliphatic rings. The molecule has 1 heterocycles. The minimum absolute atomic E-state index is 0.176. The Morgan fingerprint density at radius 2 is 0.703 bits per heavy atom. The summed E-state index contributed by atoms with van der Waals surface area (Å²) in [5, 5.41) is 2.55. The third-order valence-corrected chi connectivity index (χ3v) is 16.4. The Morgan fingerprint density at radius 1 is 0.284 bits per heavy atom. The molecule has 74 heavy (non-hydrogen) atoms. The van der Waals surface area contributed by atoms with Gasteiger partial charge in [0.15, 0.2) is 0 Å². The molecule has 2 aliphatic carbocycles. The minimum Gasteiger partial charge on any atom is -0.310 e. The Balaban J connectivity index is 0.835. The van der Waals surface area contributed by atoms with E-state index in [1.54, 1.807) is 0 Å². The maximum atomic E-state index is 2.55. The number of benzene rings is 11. The standard InChI is InChI=1S/C72H54N2/c1-71(2)64-23-15-22-58(53-34-40-56(41-35-53)74-68-24-13-11-20-60(68)61-21-12-14-25-69(61)74)70(64)63-46-66-62(45-67(63)71)59-43-42-57(44-65(59)72(66,3)4)73(54-36-30-51(31-37-54)48-18-9-6-10-19-48)55-38-32-52(33-39-55)50-28-26-49(27-29-50)47-16-7-5-8-17-47/h5-46H,1-4H3. The Hall–Kier alpha value is -8.98. The average molecular weight is 947 g/mol. The van der Waals surface area contributed by atoms with Crippen LogP contribution in [0.4, 0.5) is 17.1 Å². The molecule has 352 valence electrons. The highest BCUT2D eigenvalue weighted by Crippen LogP contribution is 2.58. The third kappa shape index (κ3) is 6.86. The van der Waals surface area contributed by atoms with Crippen molar-refractivity contribution in [3.63, 3.8) is 0 Å². The van der Waals surface area contributed by atoms with E-state index in [1.807, 2.05) is 0 Å². The molecule has 0 N–H and O–H groups in total. The Morgan fingerprint density at radius 3 is 1.26 bits per heavy atom. The van der Waals surface area contributed by atoms with Crippen LogP contribution in [0, 0.1) is 0 Å². The Labute approximate surface area is 434 Å². The molecule has 0 radical (unpaired) electrons. The van der Waals surface area contributed by atoms with Crippen molar-refractivity contribution in [2.45, 2.75) is 38.5 Å². The normalized spacial score (nSPS) is 13.6. The first-order valence-corrected chi connectivity index (χ1v) is 26.0. The second kappa shape index (κ2) is 16.8. The van der Waals surface area contributed by atoms with Gasteiger partial charge in [-0.05, 0) is 162 Å². The zero-order valence-electron chi connectivity index (χ0n) is 42.1. The first-order chi connectivity index (χ1) is 36.2. The largest absolute Gasteiger partial charge is 0.310 e. The van der Waals surface area contributed by atoms with E-state index in [1.165, 1.54) is 117 Å². The van der Waals surface area contributed by atoms with Crippen molar-refractivity contribution in [1.29, 1.82) is 0 Å². The Bertz CT molecular complexity index is 4070. The molecule has 2 nitrogen and oxygen atoms in total. The van der Waals surface area contributed by atoms with E-state index in [4.69, 9.17) is 0 Å². The number of para-hydroxylation sites is 2. The highest BCUT2D eigenvalue weighted by molar-refractivity contribution is 6.09. The van der Waals surface area contributed by atoms with Gasteiger partial charge >= 0.3 is 0 Å². The van der Waals surface area contributed by atoms with E-state index in [-0.39, 0.29) is 10.8 Å². The molecule has 0 saturated carbocycles. The molecule has 1 aromatic heterocycles. The summed E-state index contributed by atoms with van der Waals surface area (Å²) in [4.78, 5) is 2.43. The average Bonchev–Trinajstić information content (AvgIpc) is 4.09. The predicted octanol–water partition coefficient (Wildman–Crippen LogP) is 19.5. The zero-order chi connectivity index (χ0) is 49.7. The molecule has 0 spiro atoms. The molecule has 0 saturated heterocycles. The topological polar surface area (TPSA) is 8.17 Å². The number of anilines is 3. The lowest BCUT2D eigenvalue weighted by Gasteiger charge is -2.28. The fourth-order valence-electron chi connectivity index (χ4n) is 12.5. The van der Waals surface area contributed by atoms with E-state index in [9.17, 15) is 0 Å². The molecule has 12 aromatic rings. The minimum atomic E-state index is -0.250. The second-order valence-electron chi connectivity index (χ2n) is 21.3. The summed E-state index contributed by atoms with van der Waals surface area (Å²) in [6.45, 7) is 9.67. The van der Waals surface area contributed by atoms with Crippen LogP contribution >= 0.6 is 0 Å². The van der Waals surface area contributed by atoms with Crippen molar-refractivity contribution in [3.05, 3.63) is 277 Å². The van der Waals surface area contributed by atoms with Gasteiger partial charge in [-0.3, -0.25) is 0 Å². The molecule has 11 aromatic carbocycles. The molecule has 2 heteroatoms. The van der Waals surface area contributed by atoms with Crippen LogP contribution in [-0.4, -0.2) is 4.57 Å². The molecular formula is C72H54N2. The molecular weight excluding hydrogens is 893 g/mol. The maximum absolute atomic E-state index is 2.55. The number of nitrogens with zero attached hydrogens (tertiary/aromatic N) is 2. The quantitative estimate of drug-likeness (QED) is 0.147. The van der Waals surface area contributed by atoms with Crippen LogP contribution in [0.5, 0.6) is 0 Å². The SMILES string of the molecule is CC1(C)c2cc(N(c3ccc(-c4ccccc4)cc3)c3ccc(-c4ccc(-c5ccccc5)cc4)cc3)ccc2-c2cc3c(cc21)-c1c(-c2ccc(-n4c5ccccc5c5ccccc54)cc2)cccc1C3(C)C. The number of hydrogen-bond acceptors (Lipinski definition) is 1. The van der Waals surface area contributed by atoms with E-state index in [2.05, 4.69) is 292 Å². The molecule has 0 atom stereocenters. The lowest BCUT2D eigenvalue weighted by atomic mass is 9.79. The van der Waals surface area contributed by atoms with Gasteiger partial charge < -0.3 is 9.47 Å². The van der Waals surface area contributed by atoms with Gasteiger partial charge in [0.05, 0.1) is 11.0 Å². The second-order valence-corrected chi connectivity index (χ2v) is 21.3. The number of fused-ring (bicyclic) bond motifs is 9. The molecule has 0 aliphatic heterocycles. The van der Waals surface area contributed by atoms with Gasteiger partial charge in [0.2, 0.25) is 0 Å². The van der Waals surface area contributed by atoms with E-state index < -0.39 is 0 Å². The summed E-state index contributed by atoms with van der Waals surface area (Å²) in [6.07, 6.45) is 0. The van der Waals surface area contributed by atoms with Gasteiger partial charge in [0.25, 0.3) is 0 Å². The number of rotatable bonds is 8. The van der Waals surface area contributed by atoms with Crippen LogP contribution in [0.15, 0.2) is 255 Å². The summed E-state index contributed by atoms with van der Waals surface area (Å²) in [5.41, 5.74) is 27.2. The van der Waals surface area contributed by atoms with Gasteiger partial charge in [-0.2, -0.15) is 0 Å². The summed E-state index contributed by atoms with van der Waals surface area (Å²) in [6, 6.07) is 94.3. The third-order valence-electron chi connectivity index (χ3n) is 16.4. The van der Waals surface area contributed by atoms with Crippen molar-refractivity contribution in [1.82, 2.24) is 4.57 Å². The van der Waals surface area contributed by atoms with Crippen molar-refractivity contribution in [3.8, 4) is 72.4 Å². The van der Waals surface area contributed by atoms with Gasteiger partial charge in [-0.25, -0.2) is 0 Å². The first-order valence-electron chi connectivity index (χ1n) is 26.0. The maximum Gasteiger partial charge on any atom is 0.0541 e. The van der Waals surface area contributed by atoms with E-state index in [0.717, 1.165) is 17.1 Å². The van der Waals surface area contributed by atoms with Crippen LogP contribution in [0.2, 0.25) is 0 Å². The highest BCUT2D eigenvalue weighted by Gasteiger charge is 2.42. The summed E-state index contributed by atoms with van der Waals surface area (Å²) in [7, 11) is 0. The molecule has 0 amide bonds. The summed E-state index contributed by atoms with van der Waals surface area (Å²) >= 11 is 0. The highest BCUT2D eigenvalue weighted by atomic mass is 15.1. The van der Waals surface area contributed by atoms with Crippen molar-refractivity contribution >= 4 is 38.9 Å². The molecule has 14 rings (SSSR count). The molecule has 0 fully saturated rings. The Kier molecular flexibility index (Phi) is 9.94. The predicted molar refractivity (Wildman–Crippen MR) is 312 cm³/mol. The van der Waals surface area contributed by atoms with E-state index >= 15 is 0 Å². The van der Waals surface area contributed by atoms with Gasteiger partial charge in [-0.15, -0.1) is 0 Å². The smallest absolute Gasteiger partial charge is 0.0541 e. The molecule has 0 unspecified atom stereocenters. The van der Waals surface area contributed by atoms with Crippen LogP contribution in [-0.2, 0) is 10.8 Å². The summed E-state index contributed by atoms with van der Waals surface area (Å²) in [5.74, 6) is 0. The van der Waals surface area contributed by atoms with Crippen LogP contribution in [0.3, 0.4) is 0 Å². The lowest BCUT2D eigenvalue weighted by molar-refractivity contribution is 0.652. The summed E-state index contributed by atoms with van der Waals surface area (Å²) < 4.78 is 2.40. The van der Waals surface area contributed by atoms with Crippen LogP contribution in [0.25, 0.3) is 94.3 Å². The fraction of sp³-hybridized carbons (Fsp3) is 0.0833. The van der Waals surface area contributed by atoms with Gasteiger partial charge in [0.1, 0.15) is 0 Å². The lowest BCUT2D eigenvalue weighted by Crippen LogP contribution is -2.17. The van der Waals surface area contributed by atoms with E-state index in [0.29, 0.717) is 0 Å². The van der Waals surface area contributed by atoms with Crippen molar-refractivity contribution < 1.29 is 0 Å². The van der Waals surface area contributed by atoms with Crippen molar-refractivity contribution in [2.75, 3.05) is 4.90 Å². The van der Waals surface area contributed by atoms with Crippen molar-refractivity contribution in [2.24, 2.45) is 0 Å². The zero-order valence-corrected chi connectivity index (χ0v) is 42.1. The molecule has 0 bridgehead atoms. The number of aromatic nitrogens is 1. The first kappa shape index (κ1) is 43.8. The monoisotopic (exact) mass is 946 g/mol.